The van der Waals surface area contributed by atoms with Gasteiger partial charge in [0.1, 0.15) is 0 Å². The third kappa shape index (κ3) is 2.66. The van der Waals surface area contributed by atoms with E-state index in [0.717, 1.165) is 12.6 Å². The Hall–Kier alpha value is -0.300. The molecule has 0 radical (unpaired) electrons. The fourth-order valence-corrected chi connectivity index (χ4v) is 1.77. The molecule has 11 heavy (non-hydrogen) atoms. The van der Waals surface area contributed by atoms with Gasteiger partial charge in [0.05, 0.1) is 0 Å². The van der Waals surface area contributed by atoms with Crippen LogP contribution in [0.4, 0.5) is 0 Å². The molecule has 1 heteroatoms. The van der Waals surface area contributed by atoms with E-state index in [4.69, 9.17) is 0 Å². The average molecular weight is 153 g/mol. The van der Waals surface area contributed by atoms with Crippen LogP contribution in [0.2, 0.25) is 0 Å². The largest absolute Gasteiger partial charge is 0.300 e. The first kappa shape index (κ1) is 8.79. The molecule has 0 aromatic carbocycles. The zero-order valence-corrected chi connectivity index (χ0v) is 7.71. The topological polar surface area (TPSA) is 3.24 Å². The first-order valence-corrected chi connectivity index (χ1v) is 4.66. The number of hydrogen-bond acceptors (Lipinski definition) is 1. The second kappa shape index (κ2) is 4.55. The highest BCUT2D eigenvalue weighted by Crippen LogP contribution is 2.21. The maximum atomic E-state index is 2.47. The van der Waals surface area contributed by atoms with Crippen LogP contribution >= 0.6 is 0 Å². The molecule has 64 valence electrons. The third-order valence-electron chi connectivity index (χ3n) is 2.58. The van der Waals surface area contributed by atoms with Gasteiger partial charge in [-0.1, -0.05) is 25.0 Å². The second-order valence-corrected chi connectivity index (χ2v) is 3.45. The monoisotopic (exact) mass is 153 g/mol. The zero-order chi connectivity index (χ0) is 8.10. The lowest BCUT2D eigenvalue weighted by atomic mass is 10.2. The molecule has 0 heterocycles. The highest BCUT2D eigenvalue weighted by atomic mass is 15.1. The highest BCUT2D eigenvalue weighted by molar-refractivity contribution is 4.84. The Labute approximate surface area is 70.1 Å². The molecule has 1 aliphatic rings. The third-order valence-corrected chi connectivity index (χ3v) is 2.58. The summed E-state index contributed by atoms with van der Waals surface area (Å²) in [7, 11) is 2.23. The maximum absolute atomic E-state index is 2.47. The van der Waals surface area contributed by atoms with E-state index in [1.165, 1.54) is 25.7 Å². The minimum absolute atomic E-state index is 0.867. The lowest BCUT2D eigenvalue weighted by molar-refractivity contribution is 0.271. The van der Waals surface area contributed by atoms with E-state index in [9.17, 15) is 0 Å². The Morgan fingerprint density at radius 2 is 2.00 bits per heavy atom. The molecule has 0 amide bonds. The first-order valence-electron chi connectivity index (χ1n) is 4.66. The quantitative estimate of drug-likeness (QED) is 0.563. The van der Waals surface area contributed by atoms with Gasteiger partial charge in [-0.05, 0) is 26.8 Å². The standard InChI is InChI=1S/C10H19N/c1-3-4-9-11(2)10-7-5-6-8-10/h3-4,10H,5-9H2,1-2H3/b4-3+. The lowest BCUT2D eigenvalue weighted by Gasteiger charge is -2.21. The van der Waals surface area contributed by atoms with Gasteiger partial charge in [0.15, 0.2) is 0 Å². The summed E-state index contributed by atoms with van der Waals surface area (Å²) in [5, 5.41) is 0. The predicted molar refractivity (Wildman–Crippen MR) is 49.7 cm³/mol. The molecule has 0 aromatic rings. The van der Waals surface area contributed by atoms with Crippen molar-refractivity contribution in [2.24, 2.45) is 0 Å². The predicted octanol–water partition coefficient (Wildman–Crippen LogP) is 2.44. The molecule has 0 N–H and O–H groups in total. The van der Waals surface area contributed by atoms with Crippen molar-refractivity contribution >= 4 is 0 Å². The SMILES string of the molecule is C/C=C/CN(C)C1CCCC1. The van der Waals surface area contributed by atoms with Crippen molar-refractivity contribution in [2.45, 2.75) is 38.6 Å². The van der Waals surface area contributed by atoms with E-state index in [-0.39, 0.29) is 0 Å². The summed E-state index contributed by atoms with van der Waals surface area (Å²) >= 11 is 0. The van der Waals surface area contributed by atoms with Crippen LogP contribution in [0, 0.1) is 0 Å². The van der Waals surface area contributed by atoms with E-state index in [2.05, 4.69) is 31.0 Å². The van der Waals surface area contributed by atoms with Gasteiger partial charge < -0.3 is 0 Å². The van der Waals surface area contributed by atoms with E-state index in [0.29, 0.717) is 0 Å². The minimum Gasteiger partial charge on any atom is -0.300 e. The summed E-state index contributed by atoms with van der Waals surface area (Å²) in [6.45, 7) is 3.21. The normalized spacial score (nSPS) is 20.6. The second-order valence-electron chi connectivity index (χ2n) is 3.45. The summed E-state index contributed by atoms with van der Waals surface area (Å²) in [6.07, 6.45) is 10.1. The molecule has 1 fully saturated rings. The van der Waals surface area contributed by atoms with Crippen molar-refractivity contribution in [1.29, 1.82) is 0 Å². The van der Waals surface area contributed by atoms with E-state index in [1.807, 2.05) is 0 Å². The average Bonchev–Trinajstić information content (AvgIpc) is 2.52. The molecule has 0 unspecified atom stereocenters. The molecule has 0 bridgehead atoms. The van der Waals surface area contributed by atoms with Gasteiger partial charge in [0.2, 0.25) is 0 Å². The zero-order valence-electron chi connectivity index (χ0n) is 7.71. The minimum atomic E-state index is 0.867. The fourth-order valence-electron chi connectivity index (χ4n) is 1.77. The van der Waals surface area contributed by atoms with E-state index >= 15 is 0 Å². The van der Waals surface area contributed by atoms with Crippen LogP contribution in [-0.4, -0.2) is 24.5 Å². The Morgan fingerprint density at radius 3 is 2.55 bits per heavy atom. The number of hydrogen-bond donors (Lipinski definition) is 0. The van der Waals surface area contributed by atoms with Gasteiger partial charge in [0.25, 0.3) is 0 Å². The van der Waals surface area contributed by atoms with Gasteiger partial charge >= 0.3 is 0 Å². The van der Waals surface area contributed by atoms with Crippen molar-refractivity contribution in [1.82, 2.24) is 4.90 Å². The molecular formula is C10H19N. The van der Waals surface area contributed by atoms with Crippen molar-refractivity contribution in [2.75, 3.05) is 13.6 Å². The molecule has 0 aromatic heterocycles. The summed E-state index contributed by atoms with van der Waals surface area (Å²) in [5.41, 5.74) is 0. The van der Waals surface area contributed by atoms with Crippen LogP contribution in [-0.2, 0) is 0 Å². The van der Waals surface area contributed by atoms with Gasteiger partial charge in [-0.2, -0.15) is 0 Å². The van der Waals surface area contributed by atoms with E-state index in [1.54, 1.807) is 0 Å². The van der Waals surface area contributed by atoms with Gasteiger partial charge in [-0.3, -0.25) is 4.90 Å². The molecule has 0 aliphatic heterocycles. The number of rotatable bonds is 3. The Kier molecular flexibility index (Phi) is 3.64. The lowest BCUT2D eigenvalue weighted by Crippen LogP contribution is -2.29. The fraction of sp³-hybridized carbons (Fsp3) is 0.800. The molecule has 0 spiro atoms. The Morgan fingerprint density at radius 1 is 1.36 bits per heavy atom. The molecule has 1 aliphatic carbocycles. The first-order chi connectivity index (χ1) is 5.34. The van der Waals surface area contributed by atoms with Crippen molar-refractivity contribution in [3.63, 3.8) is 0 Å². The summed E-state index contributed by atoms with van der Waals surface area (Å²) in [5.74, 6) is 0. The number of likely N-dealkylation sites (N-methyl/N-ethyl adjacent to an activating group) is 1. The molecule has 0 atom stereocenters. The smallest absolute Gasteiger partial charge is 0.0162 e. The molecular weight excluding hydrogens is 134 g/mol. The van der Waals surface area contributed by atoms with Crippen LogP contribution < -0.4 is 0 Å². The van der Waals surface area contributed by atoms with Crippen molar-refractivity contribution < 1.29 is 0 Å². The van der Waals surface area contributed by atoms with Crippen molar-refractivity contribution in [3.05, 3.63) is 12.2 Å². The molecule has 0 saturated heterocycles. The van der Waals surface area contributed by atoms with Crippen LogP contribution in [0.1, 0.15) is 32.6 Å². The number of allylic oxidation sites excluding steroid dienone is 1. The van der Waals surface area contributed by atoms with Gasteiger partial charge in [0, 0.05) is 12.6 Å². The van der Waals surface area contributed by atoms with Crippen molar-refractivity contribution in [3.8, 4) is 0 Å². The van der Waals surface area contributed by atoms with Crippen LogP contribution in [0.5, 0.6) is 0 Å². The summed E-state index contributed by atoms with van der Waals surface area (Å²) < 4.78 is 0. The number of nitrogens with zero attached hydrogens (tertiary/aromatic N) is 1. The Bertz CT molecular complexity index is 123. The Balaban J connectivity index is 2.22. The summed E-state index contributed by atoms with van der Waals surface area (Å²) in [4.78, 5) is 2.47. The van der Waals surface area contributed by atoms with E-state index < -0.39 is 0 Å². The molecule has 1 nitrogen and oxygen atoms in total. The summed E-state index contributed by atoms with van der Waals surface area (Å²) in [6, 6.07) is 0.867. The van der Waals surface area contributed by atoms with Crippen LogP contribution in [0.25, 0.3) is 0 Å². The molecule has 1 rings (SSSR count). The van der Waals surface area contributed by atoms with Gasteiger partial charge in [-0.25, -0.2) is 0 Å². The van der Waals surface area contributed by atoms with Crippen LogP contribution in [0.3, 0.4) is 0 Å². The maximum Gasteiger partial charge on any atom is 0.0162 e. The van der Waals surface area contributed by atoms with Crippen LogP contribution in [0.15, 0.2) is 12.2 Å². The highest BCUT2D eigenvalue weighted by Gasteiger charge is 2.17. The van der Waals surface area contributed by atoms with Gasteiger partial charge in [-0.15, -0.1) is 0 Å². The molecule has 1 saturated carbocycles.